The summed E-state index contributed by atoms with van der Waals surface area (Å²) in [5, 5.41) is 6.55. The minimum atomic E-state index is -0.298. The summed E-state index contributed by atoms with van der Waals surface area (Å²) in [4.78, 5) is 16.5. The Labute approximate surface area is 145 Å². The molecule has 3 aromatic rings. The van der Waals surface area contributed by atoms with Gasteiger partial charge in [-0.25, -0.2) is 10.1 Å². The van der Waals surface area contributed by atoms with Crippen molar-refractivity contribution in [3.05, 3.63) is 68.5 Å². The van der Waals surface area contributed by atoms with Gasteiger partial charge in [-0.2, -0.15) is 5.10 Å². The number of aromatic nitrogens is 3. The van der Waals surface area contributed by atoms with Crippen molar-refractivity contribution in [2.45, 2.75) is 6.42 Å². The van der Waals surface area contributed by atoms with Gasteiger partial charge in [0.05, 0.1) is 0 Å². The van der Waals surface area contributed by atoms with Crippen LogP contribution in [0.15, 0.2) is 51.7 Å². The minimum Gasteiger partial charge on any atom is -0.454 e. The lowest BCUT2D eigenvalue weighted by Gasteiger charge is -2.05. The van der Waals surface area contributed by atoms with E-state index >= 15 is 0 Å². The Morgan fingerprint density at radius 2 is 1.88 bits per heavy atom. The molecular weight excluding hydrogens is 374 g/mol. The second kappa shape index (κ2) is 6.09. The van der Waals surface area contributed by atoms with Crippen LogP contribution >= 0.6 is 15.9 Å². The van der Waals surface area contributed by atoms with E-state index in [1.54, 1.807) is 0 Å². The molecule has 1 N–H and O–H groups in total. The van der Waals surface area contributed by atoms with E-state index in [-0.39, 0.29) is 12.4 Å². The number of hydrogen-bond donors (Lipinski definition) is 1. The molecule has 6 nitrogen and oxygen atoms in total. The first-order chi connectivity index (χ1) is 11.7. The predicted molar refractivity (Wildman–Crippen MR) is 91.2 cm³/mol. The minimum absolute atomic E-state index is 0.223. The summed E-state index contributed by atoms with van der Waals surface area (Å²) in [5.74, 6) is 1.88. The summed E-state index contributed by atoms with van der Waals surface area (Å²) < 4.78 is 11.6. The normalized spacial score (nSPS) is 12.4. The molecular formula is C17H12BrN3O3. The molecule has 120 valence electrons. The lowest BCUT2D eigenvalue weighted by Crippen LogP contribution is -2.18. The van der Waals surface area contributed by atoms with Crippen LogP contribution in [0.4, 0.5) is 0 Å². The maximum atomic E-state index is 12.1. The summed E-state index contributed by atoms with van der Waals surface area (Å²) in [5.41, 5.74) is 1.86. The highest BCUT2D eigenvalue weighted by atomic mass is 79.9. The van der Waals surface area contributed by atoms with Crippen LogP contribution in [-0.2, 0) is 6.42 Å². The van der Waals surface area contributed by atoms with Crippen molar-refractivity contribution in [2.75, 3.05) is 6.79 Å². The Hall–Kier alpha value is -2.67. The van der Waals surface area contributed by atoms with Crippen LogP contribution in [0.2, 0.25) is 0 Å². The van der Waals surface area contributed by atoms with Gasteiger partial charge < -0.3 is 9.47 Å². The van der Waals surface area contributed by atoms with E-state index in [1.807, 2.05) is 42.5 Å². The lowest BCUT2D eigenvalue weighted by molar-refractivity contribution is 0.174. The third-order valence-electron chi connectivity index (χ3n) is 3.68. The van der Waals surface area contributed by atoms with Gasteiger partial charge >= 0.3 is 0 Å². The Morgan fingerprint density at radius 1 is 1.08 bits per heavy atom. The summed E-state index contributed by atoms with van der Waals surface area (Å²) in [6.07, 6.45) is 0.387. The van der Waals surface area contributed by atoms with Gasteiger partial charge in [0, 0.05) is 16.5 Å². The number of hydrogen-bond acceptors (Lipinski definition) is 5. The molecule has 1 aliphatic rings. The van der Waals surface area contributed by atoms with Gasteiger partial charge in [-0.15, -0.1) is 0 Å². The summed E-state index contributed by atoms with van der Waals surface area (Å²) in [6.45, 7) is 0.223. The fourth-order valence-corrected chi connectivity index (χ4v) is 2.73. The van der Waals surface area contributed by atoms with Crippen molar-refractivity contribution >= 4 is 15.9 Å². The number of nitrogens with zero attached hydrogens (tertiary/aromatic N) is 2. The van der Waals surface area contributed by atoms with Crippen LogP contribution < -0.4 is 15.0 Å². The first kappa shape index (κ1) is 14.9. The molecule has 0 fully saturated rings. The Kier molecular flexibility index (Phi) is 3.78. The molecule has 24 heavy (non-hydrogen) atoms. The molecule has 1 aliphatic heterocycles. The highest BCUT2D eigenvalue weighted by Crippen LogP contribution is 2.32. The van der Waals surface area contributed by atoms with Crippen LogP contribution in [0.5, 0.6) is 11.5 Å². The number of aromatic amines is 1. The average molecular weight is 386 g/mol. The molecule has 0 amide bonds. The van der Waals surface area contributed by atoms with E-state index in [0.29, 0.717) is 29.4 Å². The van der Waals surface area contributed by atoms with Crippen molar-refractivity contribution in [1.29, 1.82) is 0 Å². The summed E-state index contributed by atoms with van der Waals surface area (Å²) in [6, 6.07) is 13.2. The van der Waals surface area contributed by atoms with Crippen molar-refractivity contribution in [3.63, 3.8) is 0 Å². The number of H-pyrrole nitrogens is 1. The molecule has 1 aromatic heterocycles. The van der Waals surface area contributed by atoms with Gasteiger partial charge in [-0.1, -0.05) is 34.1 Å². The van der Waals surface area contributed by atoms with Crippen LogP contribution in [0.1, 0.15) is 11.3 Å². The van der Waals surface area contributed by atoms with Gasteiger partial charge in [0.2, 0.25) is 6.79 Å². The monoisotopic (exact) mass is 385 g/mol. The molecule has 0 unspecified atom stereocenters. The standard InChI is InChI=1S/C17H12BrN3O3/c18-12-4-2-11(3-5-12)16-19-13(17(22)21-20-16)7-10-1-6-14-15(8-10)24-9-23-14/h1-6,8H,7,9H2,(H,21,22). The maximum absolute atomic E-state index is 12.1. The van der Waals surface area contributed by atoms with Gasteiger partial charge in [-0.05, 0) is 29.8 Å². The predicted octanol–water partition coefficient (Wildman–Crippen LogP) is 2.91. The molecule has 0 saturated carbocycles. The quantitative estimate of drug-likeness (QED) is 0.749. The van der Waals surface area contributed by atoms with Gasteiger partial charge in [0.25, 0.3) is 5.56 Å². The third kappa shape index (κ3) is 2.90. The van der Waals surface area contributed by atoms with Crippen LogP contribution in [0.3, 0.4) is 0 Å². The Balaban J connectivity index is 1.66. The zero-order valence-corrected chi connectivity index (χ0v) is 14.0. The zero-order valence-electron chi connectivity index (χ0n) is 12.5. The van der Waals surface area contributed by atoms with E-state index in [2.05, 4.69) is 31.1 Å². The van der Waals surface area contributed by atoms with Crippen molar-refractivity contribution in [1.82, 2.24) is 15.2 Å². The smallest absolute Gasteiger partial charge is 0.286 e. The summed E-state index contributed by atoms with van der Waals surface area (Å²) in [7, 11) is 0. The lowest BCUT2D eigenvalue weighted by atomic mass is 10.1. The fourth-order valence-electron chi connectivity index (χ4n) is 2.46. The number of ether oxygens (including phenoxy) is 2. The summed E-state index contributed by atoms with van der Waals surface area (Å²) >= 11 is 3.39. The van der Waals surface area contributed by atoms with E-state index in [1.165, 1.54) is 0 Å². The molecule has 0 saturated heterocycles. The molecule has 0 atom stereocenters. The maximum Gasteiger partial charge on any atom is 0.286 e. The number of benzene rings is 2. The first-order valence-corrected chi connectivity index (χ1v) is 8.08. The fraction of sp³-hybridized carbons (Fsp3) is 0.118. The molecule has 0 spiro atoms. The van der Waals surface area contributed by atoms with E-state index in [4.69, 9.17) is 9.47 Å². The second-order valence-corrected chi connectivity index (χ2v) is 6.22. The molecule has 0 radical (unpaired) electrons. The Bertz CT molecular complexity index is 954. The molecule has 0 aliphatic carbocycles. The number of halogens is 1. The number of rotatable bonds is 3. The average Bonchev–Trinajstić information content (AvgIpc) is 3.05. The van der Waals surface area contributed by atoms with Crippen LogP contribution in [0, 0.1) is 0 Å². The first-order valence-electron chi connectivity index (χ1n) is 7.29. The largest absolute Gasteiger partial charge is 0.454 e. The zero-order chi connectivity index (χ0) is 16.5. The molecule has 0 bridgehead atoms. The highest BCUT2D eigenvalue weighted by Gasteiger charge is 2.15. The van der Waals surface area contributed by atoms with E-state index in [9.17, 15) is 4.79 Å². The van der Waals surface area contributed by atoms with E-state index < -0.39 is 0 Å². The van der Waals surface area contributed by atoms with E-state index in [0.717, 1.165) is 15.6 Å². The van der Waals surface area contributed by atoms with Gasteiger partial charge in [0.15, 0.2) is 17.3 Å². The topological polar surface area (TPSA) is 77.1 Å². The van der Waals surface area contributed by atoms with Gasteiger partial charge in [-0.3, -0.25) is 4.79 Å². The molecule has 2 heterocycles. The highest BCUT2D eigenvalue weighted by molar-refractivity contribution is 9.10. The van der Waals surface area contributed by atoms with Crippen molar-refractivity contribution in [3.8, 4) is 22.9 Å². The van der Waals surface area contributed by atoms with Crippen LogP contribution in [-0.4, -0.2) is 22.0 Å². The van der Waals surface area contributed by atoms with Crippen molar-refractivity contribution in [2.24, 2.45) is 0 Å². The number of fused-ring (bicyclic) bond motifs is 1. The SMILES string of the molecule is O=c1[nH]nc(-c2ccc(Br)cc2)nc1Cc1ccc2c(c1)OCO2. The Morgan fingerprint density at radius 3 is 2.71 bits per heavy atom. The molecule has 4 rings (SSSR count). The second-order valence-electron chi connectivity index (χ2n) is 5.31. The van der Waals surface area contributed by atoms with Crippen molar-refractivity contribution < 1.29 is 9.47 Å². The third-order valence-corrected chi connectivity index (χ3v) is 4.21. The molecule has 7 heteroatoms. The molecule has 2 aromatic carbocycles. The van der Waals surface area contributed by atoms with Crippen LogP contribution in [0.25, 0.3) is 11.4 Å². The number of nitrogens with one attached hydrogen (secondary N) is 1. The van der Waals surface area contributed by atoms with Gasteiger partial charge in [0.1, 0.15) is 5.69 Å².